The molecule has 0 bridgehead atoms. The quantitative estimate of drug-likeness (QED) is 0.219. The van der Waals surface area contributed by atoms with Gasteiger partial charge in [0.25, 0.3) is 0 Å². The maximum atomic E-state index is 14.1. The van der Waals surface area contributed by atoms with Crippen LogP contribution in [0.25, 0.3) is 11.3 Å². The van der Waals surface area contributed by atoms with Gasteiger partial charge in [0.15, 0.2) is 17.5 Å². The molecule has 1 amide bonds. The van der Waals surface area contributed by atoms with Crippen LogP contribution in [0.15, 0.2) is 42.6 Å². The summed E-state index contributed by atoms with van der Waals surface area (Å²) in [5.74, 6) is -4.73. The van der Waals surface area contributed by atoms with E-state index in [1.54, 1.807) is 0 Å². The summed E-state index contributed by atoms with van der Waals surface area (Å²) >= 11 is 0.564. The van der Waals surface area contributed by atoms with E-state index >= 15 is 0 Å². The van der Waals surface area contributed by atoms with Crippen LogP contribution in [0.4, 0.5) is 31.1 Å². The second-order valence-corrected chi connectivity index (χ2v) is 11.8. The number of β-amino-alcohol motifs (C(OH)–C–C–N with tert-alkyl or cyclic N) is 1. The number of benzene rings is 2. The number of halogens is 6. The molecule has 244 valence electrons. The molecule has 3 heterocycles. The molecule has 0 spiro atoms. The van der Waals surface area contributed by atoms with Crippen molar-refractivity contribution in [3.05, 3.63) is 71.2 Å². The van der Waals surface area contributed by atoms with Crippen LogP contribution >= 0.6 is 11.8 Å². The molecule has 3 aromatic rings. The SMILES string of the molecule is COC(=O)N1CC(O)(C(S[C@@H]2O[C@H](CO)[C@H](O)[C@H](n3cc(-c4cc(F)c(F)c(F)c4)nn3)[C@H]2O)c2ccccc2C(F)(F)F)C1. The van der Waals surface area contributed by atoms with Crippen molar-refractivity contribution in [1.29, 1.82) is 0 Å². The highest BCUT2D eigenvalue weighted by atomic mass is 32.2. The van der Waals surface area contributed by atoms with E-state index in [1.165, 1.54) is 6.07 Å². The average Bonchev–Trinajstić information content (AvgIpc) is 3.47. The van der Waals surface area contributed by atoms with Crippen molar-refractivity contribution < 1.29 is 61.0 Å². The lowest BCUT2D eigenvalue weighted by molar-refractivity contribution is -0.179. The van der Waals surface area contributed by atoms with Gasteiger partial charge in [0, 0.05) is 5.56 Å². The fraction of sp³-hybridized carbons (Fsp3) is 0.444. The van der Waals surface area contributed by atoms with E-state index in [9.17, 15) is 51.6 Å². The van der Waals surface area contributed by atoms with Gasteiger partial charge in [0.1, 0.15) is 41.1 Å². The van der Waals surface area contributed by atoms with Crippen molar-refractivity contribution in [2.45, 2.75) is 46.8 Å². The van der Waals surface area contributed by atoms with Crippen molar-refractivity contribution in [2.24, 2.45) is 0 Å². The molecule has 2 fully saturated rings. The van der Waals surface area contributed by atoms with E-state index in [2.05, 4.69) is 15.0 Å². The highest BCUT2D eigenvalue weighted by Crippen LogP contribution is 2.51. The average molecular weight is 665 g/mol. The predicted octanol–water partition coefficient (Wildman–Crippen LogP) is 2.65. The molecular formula is C27H26F6N4O7S. The minimum atomic E-state index is -4.85. The molecule has 45 heavy (non-hydrogen) atoms. The minimum absolute atomic E-state index is 0.188. The minimum Gasteiger partial charge on any atom is -0.453 e. The first-order valence-electron chi connectivity index (χ1n) is 13.2. The van der Waals surface area contributed by atoms with Crippen molar-refractivity contribution in [3.8, 4) is 11.3 Å². The van der Waals surface area contributed by atoms with Crippen LogP contribution in [0, 0.1) is 17.5 Å². The van der Waals surface area contributed by atoms with Gasteiger partial charge >= 0.3 is 12.3 Å². The zero-order valence-corrected chi connectivity index (χ0v) is 23.9. The van der Waals surface area contributed by atoms with Crippen LogP contribution in [0.3, 0.4) is 0 Å². The summed E-state index contributed by atoms with van der Waals surface area (Å²) < 4.78 is 94.6. The molecule has 1 aromatic heterocycles. The van der Waals surface area contributed by atoms with Gasteiger partial charge < -0.3 is 34.8 Å². The number of nitrogens with zero attached hydrogens (tertiary/aromatic N) is 4. The standard InChI is InChI=1S/C27H26F6N4O7S/c1-43-25(41)36-10-26(42,11-36)23(13-4-2-3-5-14(13)27(31,32)33)45-24-22(40)20(21(39)18(9-38)44-24)37-8-17(34-35-37)12-6-15(28)19(30)16(29)7-12/h2-8,18,20-24,38-40,42H,9-11H2,1H3/t18-,20+,21+,22-,23?,24+/m1/s1. The molecule has 1 unspecified atom stereocenters. The van der Waals surface area contributed by atoms with Crippen LogP contribution in [0.2, 0.25) is 0 Å². The van der Waals surface area contributed by atoms with Crippen LogP contribution in [0.5, 0.6) is 0 Å². The summed E-state index contributed by atoms with van der Waals surface area (Å²) in [4.78, 5) is 13.1. The molecule has 4 N–H and O–H groups in total. The summed E-state index contributed by atoms with van der Waals surface area (Å²) in [5.41, 5.74) is -5.39. The molecule has 2 aliphatic rings. The summed E-state index contributed by atoms with van der Waals surface area (Å²) in [6, 6.07) is 4.23. The molecule has 6 atom stereocenters. The van der Waals surface area contributed by atoms with E-state index in [0.29, 0.717) is 23.9 Å². The highest BCUT2D eigenvalue weighted by Gasteiger charge is 2.55. The number of amides is 1. The Morgan fingerprint density at radius 1 is 1.16 bits per heavy atom. The Hall–Kier alpha value is -3.42. The Bertz CT molecular complexity index is 1530. The van der Waals surface area contributed by atoms with Gasteiger partial charge in [-0.2, -0.15) is 13.2 Å². The topological polar surface area (TPSA) is 150 Å². The highest BCUT2D eigenvalue weighted by molar-refractivity contribution is 8.00. The lowest BCUT2D eigenvalue weighted by Crippen LogP contribution is -2.66. The van der Waals surface area contributed by atoms with Crippen molar-refractivity contribution >= 4 is 17.9 Å². The van der Waals surface area contributed by atoms with E-state index < -0.39 is 95.6 Å². The van der Waals surface area contributed by atoms with Gasteiger partial charge in [-0.3, -0.25) is 0 Å². The third kappa shape index (κ3) is 6.22. The van der Waals surface area contributed by atoms with Crippen LogP contribution in [0.1, 0.15) is 22.4 Å². The smallest absolute Gasteiger partial charge is 0.416 e. The number of carbonyl (C=O) groups is 1. The molecule has 5 rings (SSSR count). The number of thioether (sulfide) groups is 1. The normalized spacial score (nSPS) is 25.5. The molecule has 2 aromatic carbocycles. The van der Waals surface area contributed by atoms with Gasteiger partial charge in [-0.15, -0.1) is 16.9 Å². The molecule has 0 radical (unpaired) electrons. The lowest BCUT2D eigenvalue weighted by Gasteiger charge is -2.51. The molecule has 2 saturated heterocycles. The first-order valence-corrected chi connectivity index (χ1v) is 14.2. The van der Waals surface area contributed by atoms with Crippen LogP contribution in [-0.2, 0) is 15.7 Å². The van der Waals surface area contributed by atoms with Crippen LogP contribution in [-0.4, -0.2) is 103 Å². The van der Waals surface area contributed by atoms with Gasteiger partial charge in [0.2, 0.25) is 0 Å². The molecular weight excluding hydrogens is 638 g/mol. The summed E-state index contributed by atoms with van der Waals surface area (Å²) in [7, 11) is 1.09. The number of rotatable bonds is 7. The molecule has 0 saturated carbocycles. The summed E-state index contributed by atoms with van der Waals surface area (Å²) in [5, 5.41) is 49.9. The second kappa shape index (κ2) is 12.4. The monoisotopic (exact) mass is 664 g/mol. The number of methoxy groups -OCH3 is 1. The first-order chi connectivity index (χ1) is 21.2. The number of likely N-dealkylation sites (tertiary alicyclic amines) is 1. The Balaban J connectivity index is 1.50. The Morgan fingerprint density at radius 3 is 2.40 bits per heavy atom. The number of hydrogen-bond acceptors (Lipinski definition) is 10. The third-order valence-corrected chi connectivity index (χ3v) is 9.24. The molecule has 0 aliphatic carbocycles. The Labute approximate surface area is 255 Å². The zero-order chi connectivity index (χ0) is 32.8. The maximum absolute atomic E-state index is 14.1. The fourth-order valence-electron chi connectivity index (χ4n) is 5.40. The Morgan fingerprint density at radius 2 is 1.80 bits per heavy atom. The van der Waals surface area contributed by atoms with Gasteiger partial charge in [-0.05, 0) is 23.8 Å². The van der Waals surface area contributed by atoms with Crippen LogP contribution < -0.4 is 0 Å². The number of ether oxygens (including phenoxy) is 2. The van der Waals surface area contributed by atoms with E-state index in [1.807, 2.05) is 0 Å². The van der Waals surface area contributed by atoms with E-state index in [0.717, 1.165) is 41.1 Å². The van der Waals surface area contributed by atoms with Crippen molar-refractivity contribution in [1.82, 2.24) is 19.9 Å². The number of carbonyl (C=O) groups excluding carboxylic acids is 1. The zero-order valence-electron chi connectivity index (χ0n) is 23.1. The largest absolute Gasteiger partial charge is 0.453 e. The molecule has 11 nitrogen and oxygen atoms in total. The van der Waals surface area contributed by atoms with Gasteiger partial charge in [-0.25, -0.2) is 22.6 Å². The number of hydrogen-bond donors (Lipinski definition) is 4. The molecule has 18 heteroatoms. The maximum Gasteiger partial charge on any atom is 0.416 e. The predicted molar refractivity (Wildman–Crippen MR) is 143 cm³/mol. The number of aliphatic hydroxyl groups excluding tert-OH is 3. The van der Waals surface area contributed by atoms with Gasteiger partial charge in [-0.1, -0.05) is 23.4 Å². The number of aromatic nitrogens is 3. The van der Waals surface area contributed by atoms with Gasteiger partial charge in [0.05, 0.1) is 43.8 Å². The fourth-order valence-corrected chi connectivity index (χ4v) is 6.95. The lowest BCUT2D eigenvalue weighted by atomic mass is 9.85. The Kier molecular flexibility index (Phi) is 9.09. The van der Waals surface area contributed by atoms with E-state index in [-0.39, 0.29) is 16.8 Å². The first kappa shape index (κ1) is 33.0. The summed E-state index contributed by atoms with van der Waals surface area (Å²) in [6.45, 7) is -1.68. The summed E-state index contributed by atoms with van der Waals surface area (Å²) in [6.07, 6.45) is -9.50. The van der Waals surface area contributed by atoms with E-state index in [4.69, 9.17) is 4.74 Å². The van der Waals surface area contributed by atoms with Crippen molar-refractivity contribution in [2.75, 3.05) is 26.8 Å². The molecule has 2 aliphatic heterocycles. The second-order valence-electron chi connectivity index (χ2n) is 10.6. The van der Waals surface area contributed by atoms with Crippen molar-refractivity contribution in [3.63, 3.8) is 0 Å². The third-order valence-electron chi connectivity index (χ3n) is 7.61. The number of aliphatic hydroxyl groups is 4. The number of alkyl halides is 3.